The molecule has 0 spiro atoms. The SMILES string of the molecule is Cc1ncnc(C(=O)NC2CCS(=O)(=O)C2)c1C. The van der Waals surface area contributed by atoms with E-state index in [1.54, 1.807) is 13.8 Å². The summed E-state index contributed by atoms with van der Waals surface area (Å²) in [7, 11) is -2.99. The molecule has 1 saturated heterocycles. The Labute approximate surface area is 106 Å². The lowest BCUT2D eigenvalue weighted by molar-refractivity contribution is 0.0935. The summed E-state index contributed by atoms with van der Waals surface area (Å²) in [4.78, 5) is 19.9. The van der Waals surface area contributed by atoms with Crippen LogP contribution in [0.4, 0.5) is 0 Å². The average molecular weight is 269 g/mol. The van der Waals surface area contributed by atoms with Crippen LogP contribution in [-0.4, -0.2) is 41.8 Å². The van der Waals surface area contributed by atoms with E-state index in [9.17, 15) is 13.2 Å². The second-order valence-corrected chi connectivity index (χ2v) is 6.73. The maximum absolute atomic E-state index is 12.0. The van der Waals surface area contributed by atoms with E-state index in [0.29, 0.717) is 12.1 Å². The third-order valence-electron chi connectivity index (χ3n) is 3.12. The van der Waals surface area contributed by atoms with Crippen LogP contribution in [0.2, 0.25) is 0 Å². The van der Waals surface area contributed by atoms with Crippen LogP contribution in [0.15, 0.2) is 6.33 Å². The van der Waals surface area contributed by atoms with Gasteiger partial charge in [0.25, 0.3) is 5.91 Å². The first-order chi connectivity index (χ1) is 8.39. The molecule has 0 radical (unpaired) electrons. The van der Waals surface area contributed by atoms with Gasteiger partial charge >= 0.3 is 0 Å². The predicted molar refractivity (Wildman–Crippen MR) is 66.0 cm³/mol. The smallest absolute Gasteiger partial charge is 0.270 e. The van der Waals surface area contributed by atoms with Crippen molar-refractivity contribution in [2.24, 2.45) is 0 Å². The minimum Gasteiger partial charge on any atom is -0.347 e. The number of amides is 1. The summed E-state index contributed by atoms with van der Waals surface area (Å²) in [6.07, 6.45) is 1.81. The number of aromatic nitrogens is 2. The van der Waals surface area contributed by atoms with E-state index in [4.69, 9.17) is 0 Å². The number of hydrogen-bond donors (Lipinski definition) is 1. The zero-order valence-electron chi connectivity index (χ0n) is 10.3. The van der Waals surface area contributed by atoms with Gasteiger partial charge in [0.2, 0.25) is 0 Å². The van der Waals surface area contributed by atoms with Crippen LogP contribution in [0, 0.1) is 13.8 Å². The van der Waals surface area contributed by atoms with Crippen molar-refractivity contribution in [3.8, 4) is 0 Å². The quantitative estimate of drug-likeness (QED) is 0.817. The molecule has 6 nitrogen and oxygen atoms in total. The molecule has 1 aromatic rings. The lowest BCUT2D eigenvalue weighted by Crippen LogP contribution is -2.36. The molecule has 98 valence electrons. The number of nitrogens with one attached hydrogen (secondary N) is 1. The lowest BCUT2D eigenvalue weighted by Gasteiger charge is -2.12. The Bertz CT molecular complexity index is 583. The van der Waals surface area contributed by atoms with Gasteiger partial charge in [0.1, 0.15) is 12.0 Å². The van der Waals surface area contributed by atoms with Crippen molar-refractivity contribution in [2.45, 2.75) is 26.3 Å². The summed E-state index contributed by atoms with van der Waals surface area (Å²) in [5.74, 6) is -0.179. The van der Waals surface area contributed by atoms with Crippen LogP contribution in [-0.2, 0) is 9.84 Å². The lowest BCUT2D eigenvalue weighted by atomic mass is 10.1. The Morgan fingerprint density at radius 3 is 2.72 bits per heavy atom. The third-order valence-corrected chi connectivity index (χ3v) is 4.89. The zero-order valence-corrected chi connectivity index (χ0v) is 11.1. The number of sulfone groups is 1. The second-order valence-electron chi connectivity index (χ2n) is 4.51. The van der Waals surface area contributed by atoms with Gasteiger partial charge in [0.15, 0.2) is 9.84 Å². The fourth-order valence-electron chi connectivity index (χ4n) is 1.93. The van der Waals surface area contributed by atoms with Crippen molar-refractivity contribution in [2.75, 3.05) is 11.5 Å². The van der Waals surface area contributed by atoms with Crippen molar-refractivity contribution in [3.63, 3.8) is 0 Å². The molecule has 1 aromatic heterocycles. The molecule has 0 aliphatic carbocycles. The average Bonchev–Trinajstić information content (AvgIpc) is 2.62. The first-order valence-electron chi connectivity index (χ1n) is 5.68. The van der Waals surface area contributed by atoms with Crippen LogP contribution >= 0.6 is 0 Å². The number of carbonyl (C=O) groups is 1. The van der Waals surface area contributed by atoms with E-state index in [-0.39, 0.29) is 23.5 Å². The van der Waals surface area contributed by atoms with Crippen molar-refractivity contribution in [1.29, 1.82) is 0 Å². The highest BCUT2D eigenvalue weighted by Gasteiger charge is 2.29. The number of aryl methyl sites for hydroxylation is 1. The maximum Gasteiger partial charge on any atom is 0.270 e. The van der Waals surface area contributed by atoms with Gasteiger partial charge in [-0.3, -0.25) is 4.79 Å². The van der Waals surface area contributed by atoms with Crippen LogP contribution in [0.1, 0.15) is 28.2 Å². The summed E-state index contributed by atoms with van der Waals surface area (Å²) in [6.45, 7) is 3.57. The summed E-state index contributed by atoms with van der Waals surface area (Å²) in [5, 5.41) is 2.71. The van der Waals surface area contributed by atoms with E-state index in [2.05, 4.69) is 15.3 Å². The standard InChI is InChI=1S/C11H15N3O3S/c1-7-8(2)12-6-13-10(7)11(15)14-9-3-4-18(16,17)5-9/h6,9H,3-5H2,1-2H3,(H,14,15). The van der Waals surface area contributed by atoms with Gasteiger partial charge in [0, 0.05) is 17.3 Å². The Balaban J connectivity index is 2.11. The summed E-state index contributed by atoms with van der Waals surface area (Å²) >= 11 is 0. The van der Waals surface area contributed by atoms with Gasteiger partial charge in [-0.05, 0) is 20.3 Å². The van der Waals surface area contributed by atoms with E-state index >= 15 is 0 Å². The summed E-state index contributed by atoms with van der Waals surface area (Å²) < 4.78 is 22.6. The highest BCUT2D eigenvalue weighted by atomic mass is 32.2. The minimum absolute atomic E-state index is 0.0157. The van der Waals surface area contributed by atoms with E-state index < -0.39 is 9.84 Å². The van der Waals surface area contributed by atoms with Crippen LogP contribution in [0.5, 0.6) is 0 Å². The van der Waals surface area contributed by atoms with Crippen LogP contribution in [0.25, 0.3) is 0 Å². The molecule has 1 N–H and O–H groups in total. The van der Waals surface area contributed by atoms with Crippen LogP contribution < -0.4 is 5.32 Å². The number of rotatable bonds is 2. The molecule has 0 saturated carbocycles. The van der Waals surface area contributed by atoms with Gasteiger partial charge in [-0.25, -0.2) is 18.4 Å². The van der Waals surface area contributed by atoms with E-state index in [1.807, 2.05) is 0 Å². The van der Waals surface area contributed by atoms with Gasteiger partial charge in [0.05, 0.1) is 11.5 Å². The first-order valence-corrected chi connectivity index (χ1v) is 7.50. The molecule has 1 aliphatic heterocycles. The highest BCUT2D eigenvalue weighted by Crippen LogP contribution is 2.13. The molecule has 1 fully saturated rings. The number of carbonyl (C=O) groups excluding carboxylic acids is 1. The molecule has 2 rings (SSSR count). The summed E-state index contributed by atoms with van der Waals surface area (Å²) in [6, 6.07) is -0.308. The second kappa shape index (κ2) is 4.64. The van der Waals surface area contributed by atoms with E-state index in [1.165, 1.54) is 6.33 Å². The molecule has 1 aliphatic rings. The monoisotopic (exact) mass is 269 g/mol. The molecule has 0 bridgehead atoms. The molecule has 1 unspecified atom stereocenters. The Hall–Kier alpha value is -1.50. The molecule has 0 aromatic carbocycles. The fraction of sp³-hybridized carbons (Fsp3) is 0.545. The molecule has 7 heteroatoms. The van der Waals surface area contributed by atoms with Gasteiger partial charge in [-0.2, -0.15) is 0 Å². The number of nitrogens with zero attached hydrogens (tertiary/aromatic N) is 2. The number of hydrogen-bond acceptors (Lipinski definition) is 5. The normalized spacial score (nSPS) is 21.8. The Kier molecular flexibility index (Phi) is 3.34. The highest BCUT2D eigenvalue weighted by molar-refractivity contribution is 7.91. The Morgan fingerprint density at radius 1 is 1.39 bits per heavy atom. The van der Waals surface area contributed by atoms with Crippen LogP contribution in [0.3, 0.4) is 0 Å². The van der Waals surface area contributed by atoms with Crippen molar-refractivity contribution >= 4 is 15.7 Å². The topological polar surface area (TPSA) is 89.0 Å². The van der Waals surface area contributed by atoms with E-state index in [0.717, 1.165) is 11.3 Å². The van der Waals surface area contributed by atoms with Gasteiger partial charge in [-0.15, -0.1) is 0 Å². The van der Waals surface area contributed by atoms with Gasteiger partial charge < -0.3 is 5.32 Å². The third kappa shape index (κ3) is 2.66. The first kappa shape index (κ1) is 12.9. The molecular formula is C11H15N3O3S. The minimum atomic E-state index is -2.99. The van der Waals surface area contributed by atoms with Crippen molar-refractivity contribution in [1.82, 2.24) is 15.3 Å². The molecule has 1 amide bonds. The van der Waals surface area contributed by atoms with Crippen molar-refractivity contribution in [3.05, 3.63) is 23.3 Å². The largest absolute Gasteiger partial charge is 0.347 e. The fourth-order valence-corrected chi connectivity index (χ4v) is 3.60. The molecule has 18 heavy (non-hydrogen) atoms. The Morgan fingerprint density at radius 2 is 2.11 bits per heavy atom. The van der Waals surface area contributed by atoms with Gasteiger partial charge in [-0.1, -0.05) is 0 Å². The summed E-state index contributed by atoms with van der Waals surface area (Å²) in [5.41, 5.74) is 1.77. The predicted octanol–water partition coefficient (Wildman–Crippen LogP) is 0.0103. The molecular weight excluding hydrogens is 254 g/mol. The molecule has 1 atom stereocenters. The zero-order chi connectivity index (χ0) is 13.3. The van der Waals surface area contributed by atoms with Crippen molar-refractivity contribution < 1.29 is 13.2 Å². The molecule has 2 heterocycles. The maximum atomic E-state index is 12.0.